The van der Waals surface area contributed by atoms with Crippen molar-refractivity contribution in [3.05, 3.63) is 54.1 Å². The Morgan fingerprint density at radius 2 is 1.05 bits per heavy atom. The Morgan fingerprint density at radius 1 is 0.684 bits per heavy atom. The van der Waals surface area contributed by atoms with Crippen molar-refractivity contribution < 1.29 is 18.8 Å². The Hall–Kier alpha value is -2.11. The molecule has 1 fully saturated rings. The molecule has 0 aromatic heterocycles. The Kier molecular flexibility index (Phi) is 10.3. The molecule has 1 aliphatic heterocycles. The van der Waals surface area contributed by atoms with Crippen LogP contribution < -0.4 is 5.46 Å². The van der Waals surface area contributed by atoms with E-state index in [1.54, 1.807) is 0 Å². The van der Waals surface area contributed by atoms with Gasteiger partial charge in [-0.15, -0.1) is 0 Å². The zero-order chi connectivity index (χ0) is 28.1. The number of benzene rings is 2. The Balaban J connectivity index is 1.94. The topological polar surface area (TPSA) is 44.8 Å². The molecule has 3 rings (SSSR count). The van der Waals surface area contributed by atoms with E-state index in [9.17, 15) is 4.79 Å². The zero-order valence-corrected chi connectivity index (χ0v) is 25.2. The third-order valence-corrected chi connectivity index (χ3v) is 7.36. The van der Waals surface area contributed by atoms with Crippen LogP contribution in [0.2, 0.25) is 0 Å². The largest absolute Gasteiger partial charge is 0.494 e. The van der Waals surface area contributed by atoms with Gasteiger partial charge in [-0.05, 0) is 85.0 Å². The van der Waals surface area contributed by atoms with Crippen molar-refractivity contribution in [3.63, 3.8) is 0 Å². The van der Waals surface area contributed by atoms with E-state index in [1.165, 1.54) is 0 Å². The summed E-state index contributed by atoms with van der Waals surface area (Å²) in [6, 6.07) is 16.1. The van der Waals surface area contributed by atoms with Crippen molar-refractivity contribution in [2.24, 2.45) is 23.7 Å². The van der Waals surface area contributed by atoms with E-state index in [0.29, 0.717) is 35.8 Å². The van der Waals surface area contributed by atoms with Crippen LogP contribution in [0.3, 0.4) is 0 Å². The van der Waals surface area contributed by atoms with Gasteiger partial charge in [-0.1, -0.05) is 91.8 Å². The lowest BCUT2D eigenvalue weighted by atomic mass is 9.66. The molecule has 0 atom stereocenters. The second-order valence-electron chi connectivity index (χ2n) is 12.9. The van der Waals surface area contributed by atoms with E-state index >= 15 is 0 Å². The van der Waals surface area contributed by atoms with Crippen LogP contribution in [0.25, 0.3) is 11.1 Å². The molecule has 1 saturated heterocycles. The van der Waals surface area contributed by atoms with E-state index in [4.69, 9.17) is 14.0 Å². The highest BCUT2D eigenvalue weighted by atomic mass is 16.7. The van der Waals surface area contributed by atoms with E-state index in [2.05, 4.69) is 79.7 Å². The molecule has 4 nitrogen and oxygen atoms in total. The van der Waals surface area contributed by atoms with E-state index in [0.717, 1.165) is 42.3 Å². The number of hydrogen-bond acceptors (Lipinski definition) is 4. The first-order chi connectivity index (χ1) is 17.9. The molecule has 0 unspecified atom stereocenters. The predicted molar refractivity (Wildman–Crippen MR) is 159 cm³/mol. The Labute approximate surface area is 232 Å². The fourth-order valence-electron chi connectivity index (χ4n) is 6.37. The minimum Gasteiger partial charge on any atom is -0.462 e. The minimum atomic E-state index is -0.384. The zero-order valence-electron chi connectivity index (χ0n) is 25.2. The predicted octanol–water partition coefficient (Wildman–Crippen LogP) is 7.93. The quantitative estimate of drug-likeness (QED) is 0.211. The van der Waals surface area contributed by atoms with Gasteiger partial charge in [0, 0.05) is 0 Å². The van der Waals surface area contributed by atoms with Crippen molar-refractivity contribution in [1.82, 2.24) is 0 Å². The lowest BCUT2D eigenvalue weighted by Crippen LogP contribution is -2.54. The molecule has 2 aromatic rings. The van der Waals surface area contributed by atoms with Crippen molar-refractivity contribution in [3.8, 4) is 11.1 Å². The summed E-state index contributed by atoms with van der Waals surface area (Å²) in [6.45, 7) is 20.6. The van der Waals surface area contributed by atoms with Gasteiger partial charge in [0.05, 0.1) is 23.4 Å². The fraction of sp³-hybridized carbons (Fsp3) is 0.606. The molecule has 0 radical (unpaired) electrons. The number of ether oxygens (including phenoxy) is 1. The van der Waals surface area contributed by atoms with Gasteiger partial charge in [0.25, 0.3) is 0 Å². The molecule has 0 bridgehead atoms. The standard InChI is InChI=1S/C33H49BO4/c1-10-36-31(35)29-13-11-27(12-14-29)28-15-17-30(18-16-28)34-37-32(19-23(2)3,20-24(4)5)33(38-34,21-25(6)7)22-26(8)9/h11-18,23-26H,10,19-22H2,1-9H3. The van der Waals surface area contributed by atoms with Crippen molar-refractivity contribution in [1.29, 1.82) is 0 Å². The molecule has 0 amide bonds. The Morgan fingerprint density at radius 3 is 1.39 bits per heavy atom. The number of rotatable bonds is 12. The first kappa shape index (κ1) is 30.4. The summed E-state index contributed by atoms with van der Waals surface area (Å²) in [5.41, 5.74) is 3.13. The lowest BCUT2D eigenvalue weighted by Gasteiger charge is -2.48. The van der Waals surface area contributed by atoms with Gasteiger partial charge in [-0.25, -0.2) is 4.79 Å². The highest BCUT2D eigenvalue weighted by Gasteiger charge is 2.61. The molecule has 2 aromatic carbocycles. The van der Waals surface area contributed by atoms with Crippen LogP contribution in [0.4, 0.5) is 0 Å². The first-order valence-electron chi connectivity index (χ1n) is 14.6. The van der Waals surface area contributed by atoms with Crippen LogP contribution in [0.1, 0.15) is 98.4 Å². The summed E-state index contributed by atoms with van der Waals surface area (Å²) in [4.78, 5) is 12.0. The summed E-state index contributed by atoms with van der Waals surface area (Å²) in [6.07, 6.45) is 3.97. The average molecular weight is 521 g/mol. The van der Waals surface area contributed by atoms with E-state index < -0.39 is 0 Å². The molecular weight excluding hydrogens is 471 g/mol. The fourth-order valence-corrected chi connectivity index (χ4v) is 6.37. The molecule has 0 saturated carbocycles. The molecule has 0 aliphatic carbocycles. The maximum atomic E-state index is 12.0. The van der Waals surface area contributed by atoms with Gasteiger partial charge in [0.1, 0.15) is 0 Å². The maximum Gasteiger partial charge on any atom is 0.494 e. The number of carbonyl (C=O) groups is 1. The third-order valence-electron chi connectivity index (χ3n) is 7.36. The van der Waals surface area contributed by atoms with Crippen LogP contribution in [0.15, 0.2) is 48.5 Å². The summed E-state index contributed by atoms with van der Waals surface area (Å²) < 4.78 is 19.3. The molecule has 1 heterocycles. The summed E-state index contributed by atoms with van der Waals surface area (Å²) >= 11 is 0. The lowest BCUT2D eigenvalue weighted by molar-refractivity contribution is -0.0967. The van der Waals surface area contributed by atoms with Crippen LogP contribution in [-0.2, 0) is 14.0 Å². The summed E-state index contributed by atoms with van der Waals surface area (Å²) in [5.74, 6) is 1.75. The second kappa shape index (κ2) is 12.8. The monoisotopic (exact) mass is 520 g/mol. The molecule has 5 heteroatoms. The normalized spacial score (nSPS) is 16.7. The van der Waals surface area contributed by atoms with Crippen LogP contribution in [0.5, 0.6) is 0 Å². The second-order valence-corrected chi connectivity index (χ2v) is 12.9. The van der Waals surface area contributed by atoms with Crippen molar-refractivity contribution in [2.45, 2.75) is 99.2 Å². The van der Waals surface area contributed by atoms with Crippen LogP contribution >= 0.6 is 0 Å². The highest BCUT2D eigenvalue weighted by Crippen LogP contribution is 2.52. The maximum absolute atomic E-state index is 12.0. The van der Waals surface area contributed by atoms with Crippen molar-refractivity contribution >= 4 is 18.6 Å². The van der Waals surface area contributed by atoms with Gasteiger partial charge in [0.15, 0.2) is 0 Å². The van der Waals surface area contributed by atoms with Gasteiger partial charge in [-0.2, -0.15) is 0 Å². The molecule has 0 spiro atoms. The molecule has 0 N–H and O–H groups in total. The number of esters is 1. The minimum absolute atomic E-state index is 0.289. The smallest absolute Gasteiger partial charge is 0.462 e. The van der Waals surface area contributed by atoms with E-state index in [-0.39, 0.29) is 24.3 Å². The molecule has 1 aliphatic rings. The van der Waals surface area contributed by atoms with Gasteiger partial charge < -0.3 is 14.0 Å². The number of carbonyl (C=O) groups excluding carboxylic acids is 1. The molecule has 208 valence electrons. The van der Waals surface area contributed by atoms with Crippen LogP contribution in [-0.4, -0.2) is 30.9 Å². The van der Waals surface area contributed by atoms with Crippen LogP contribution in [0, 0.1) is 23.7 Å². The number of hydrogen-bond donors (Lipinski definition) is 0. The highest BCUT2D eigenvalue weighted by molar-refractivity contribution is 6.62. The Bertz CT molecular complexity index is 972. The van der Waals surface area contributed by atoms with Crippen molar-refractivity contribution in [2.75, 3.05) is 6.61 Å². The van der Waals surface area contributed by atoms with Gasteiger partial charge >= 0.3 is 13.1 Å². The first-order valence-corrected chi connectivity index (χ1v) is 14.6. The molecular formula is C33H49BO4. The van der Waals surface area contributed by atoms with E-state index in [1.807, 2.05) is 31.2 Å². The summed E-state index contributed by atoms with van der Waals surface area (Å²) in [5, 5.41) is 0. The van der Waals surface area contributed by atoms with Gasteiger partial charge in [0.2, 0.25) is 0 Å². The SMILES string of the molecule is CCOC(=O)c1ccc(-c2ccc(B3OC(CC(C)C)(CC(C)C)C(CC(C)C)(CC(C)C)O3)cc2)cc1. The third kappa shape index (κ3) is 7.10. The average Bonchev–Trinajstić information content (AvgIpc) is 3.09. The van der Waals surface area contributed by atoms with Gasteiger partial charge in [-0.3, -0.25) is 0 Å². The summed E-state index contributed by atoms with van der Waals surface area (Å²) in [7, 11) is -0.384. The molecule has 38 heavy (non-hydrogen) atoms.